The molecule has 1 aliphatic rings. The van der Waals surface area contributed by atoms with Crippen LogP contribution in [-0.4, -0.2) is 34.2 Å². The molecule has 0 saturated carbocycles. The summed E-state index contributed by atoms with van der Waals surface area (Å²) in [4.78, 5) is 18.2. The average Bonchev–Trinajstić information content (AvgIpc) is 2.80. The molecule has 1 aliphatic heterocycles. The summed E-state index contributed by atoms with van der Waals surface area (Å²) in [6.45, 7) is 0.984. The van der Waals surface area contributed by atoms with E-state index in [1.54, 1.807) is 23.1 Å². The Morgan fingerprint density at radius 1 is 0.933 bits per heavy atom. The molecule has 4 rings (SSSR count). The number of amides is 1. The number of pyridine rings is 1. The molecule has 1 amide bonds. The molecule has 0 aliphatic carbocycles. The minimum absolute atomic E-state index is 0.0318. The van der Waals surface area contributed by atoms with Crippen LogP contribution >= 0.6 is 11.6 Å². The molecule has 1 saturated heterocycles. The van der Waals surface area contributed by atoms with E-state index < -0.39 is 11.7 Å². The number of benzene rings is 2. The van der Waals surface area contributed by atoms with E-state index in [0.29, 0.717) is 25.9 Å². The molecule has 0 atom stereocenters. The third kappa shape index (κ3) is 4.18. The van der Waals surface area contributed by atoms with Crippen LogP contribution in [0.2, 0.25) is 5.15 Å². The topological polar surface area (TPSA) is 62.7 Å². The highest BCUT2D eigenvalue weighted by Crippen LogP contribution is 2.41. The van der Waals surface area contributed by atoms with Crippen LogP contribution in [0, 0.1) is 5.92 Å². The number of hydrogen-bond acceptors (Lipinski definition) is 4. The number of carbonyl (C=O) groups excluding carboxylic acids is 1. The smallest absolute Gasteiger partial charge is 0.391 e. The lowest BCUT2D eigenvalue weighted by atomic mass is 9.72. The SMILES string of the molecule is O=C(Oc1cccc(Cl)n1)N1CCC(C(O)(c2ccccc2)c2ccccc2)CC1. The fourth-order valence-electron chi connectivity index (χ4n) is 4.10. The number of aliphatic hydroxyl groups is 1. The first-order valence-electron chi connectivity index (χ1n) is 10.00. The lowest BCUT2D eigenvalue weighted by molar-refractivity contribution is -0.0116. The summed E-state index contributed by atoms with van der Waals surface area (Å²) in [7, 11) is 0. The molecule has 0 unspecified atom stereocenters. The zero-order chi connectivity index (χ0) is 21.0. The second kappa shape index (κ2) is 8.86. The molecule has 0 bridgehead atoms. The second-order valence-electron chi connectivity index (χ2n) is 7.43. The standard InChI is InChI=1S/C24H23ClN2O3/c25-21-12-7-13-22(26-21)30-23(28)27-16-14-20(15-17-27)24(29,18-8-3-1-4-9-18)19-10-5-2-6-11-19/h1-13,20,29H,14-17H2. The van der Waals surface area contributed by atoms with Gasteiger partial charge in [0, 0.05) is 19.2 Å². The normalized spacial score (nSPS) is 15.1. The highest BCUT2D eigenvalue weighted by molar-refractivity contribution is 6.29. The maximum Gasteiger partial charge on any atom is 0.416 e. The predicted molar refractivity (Wildman–Crippen MR) is 115 cm³/mol. The molecule has 30 heavy (non-hydrogen) atoms. The van der Waals surface area contributed by atoms with Crippen LogP contribution in [0.3, 0.4) is 0 Å². The van der Waals surface area contributed by atoms with Gasteiger partial charge in [-0.1, -0.05) is 78.3 Å². The minimum atomic E-state index is -1.12. The van der Waals surface area contributed by atoms with Crippen LogP contribution in [0.5, 0.6) is 5.88 Å². The first kappa shape index (κ1) is 20.4. The van der Waals surface area contributed by atoms with Crippen LogP contribution in [0.25, 0.3) is 0 Å². The first-order valence-corrected chi connectivity index (χ1v) is 10.4. The summed E-state index contributed by atoms with van der Waals surface area (Å²) in [6.07, 6.45) is 0.850. The number of nitrogens with zero attached hydrogens (tertiary/aromatic N) is 2. The Kier molecular flexibility index (Phi) is 6.02. The lowest BCUT2D eigenvalue weighted by Crippen LogP contribution is -2.46. The summed E-state index contributed by atoms with van der Waals surface area (Å²) < 4.78 is 5.35. The highest BCUT2D eigenvalue weighted by Gasteiger charge is 2.42. The molecular weight excluding hydrogens is 400 g/mol. The van der Waals surface area contributed by atoms with Crippen molar-refractivity contribution in [3.63, 3.8) is 0 Å². The van der Waals surface area contributed by atoms with E-state index in [0.717, 1.165) is 11.1 Å². The van der Waals surface area contributed by atoms with Gasteiger partial charge in [0.25, 0.3) is 0 Å². The number of likely N-dealkylation sites (tertiary alicyclic amines) is 1. The zero-order valence-electron chi connectivity index (χ0n) is 16.4. The fraction of sp³-hybridized carbons (Fsp3) is 0.250. The van der Waals surface area contributed by atoms with Crippen molar-refractivity contribution in [1.29, 1.82) is 0 Å². The van der Waals surface area contributed by atoms with Gasteiger partial charge in [0.2, 0.25) is 5.88 Å². The maximum absolute atomic E-state index is 12.5. The van der Waals surface area contributed by atoms with Gasteiger partial charge < -0.3 is 14.7 Å². The van der Waals surface area contributed by atoms with E-state index in [4.69, 9.17) is 16.3 Å². The van der Waals surface area contributed by atoms with Crippen LogP contribution in [0.4, 0.5) is 4.79 Å². The summed E-state index contributed by atoms with van der Waals surface area (Å²) in [6, 6.07) is 24.4. The minimum Gasteiger partial charge on any atom is -0.391 e. The van der Waals surface area contributed by atoms with Gasteiger partial charge in [0.05, 0.1) is 0 Å². The highest BCUT2D eigenvalue weighted by atomic mass is 35.5. The van der Waals surface area contributed by atoms with Crippen molar-refractivity contribution in [3.05, 3.63) is 95.1 Å². The van der Waals surface area contributed by atoms with Crippen LogP contribution in [0.15, 0.2) is 78.9 Å². The predicted octanol–water partition coefficient (Wildman–Crippen LogP) is 4.88. The summed E-state index contributed by atoms with van der Waals surface area (Å²) in [5.41, 5.74) is 0.605. The van der Waals surface area contributed by atoms with Crippen LogP contribution in [0.1, 0.15) is 24.0 Å². The molecule has 154 valence electrons. The van der Waals surface area contributed by atoms with E-state index in [9.17, 15) is 9.90 Å². The summed E-state index contributed by atoms with van der Waals surface area (Å²) in [5.74, 6) is 0.148. The molecule has 6 heteroatoms. The summed E-state index contributed by atoms with van der Waals surface area (Å²) in [5, 5.41) is 12.2. The number of carbonyl (C=O) groups is 1. The van der Waals surface area contributed by atoms with Crippen molar-refractivity contribution in [2.45, 2.75) is 18.4 Å². The van der Waals surface area contributed by atoms with Crippen molar-refractivity contribution in [2.24, 2.45) is 5.92 Å². The number of ether oxygens (including phenoxy) is 1. The van der Waals surface area contributed by atoms with Crippen LogP contribution in [-0.2, 0) is 5.60 Å². The largest absolute Gasteiger partial charge is 0.416 e. The molecule has 2 aromatic carbocycles. The van der Waals surface area contributed by atoms with E-state index in [1.807, 2.05) is 60.7 Å². The van der Waals surface area contributed by atoms with Gasteiger partial charge >= 0.3 is 6.09 Å². The molecule has 0 radical (unpaired) electrons. The maximum atomic E-state index is 12.5. The van der Waals surface area contributed by atoms with Gasteiger partial charge in [-0.2, -0.15) is 0 Å². The van der Waals surface area contributed by atoms with Crippen molar-refractivity contribution >= 4 is 17.7 Å². The Bertz CT molecular complexity index is 950. The van der Waals surface area contributed by atoms with E-state index in [-0.39, 0.29) is 17.0 Å². The van der Waals surface area contributed by atoms with Gasteiger partial charge in [-0.3, -0.25) is 0 Å². The van der Waals surface area contributed by atoms with Crippen molar-refractivity contribution < 1.29 is 14.6 Å². The zero-order valence-corrected chi connectivity index (χ0v) is 17.2. The Balaban J connectivity index is 1.50. The molecule has 1 N–H and O–H groups in total. The van der Waals surface area contributed by atoms with Gasteiger partial charge in [-0.25, -0.2) is 9.78 Å². The monoisotopic (exact) mass is 422 g/mol. The van der Waals surface area contributed by atoms with Gasteiger partial charge in [0.15, 0.2) is 0 Å². The third-order valence-corrected chi connectivity index (χ3v) is 5.86. The Morgan fingerprint density at radius 2 is 1.50 bits per heavy atom. The van der Waals surface area contributed by atoms with E-state index in [2.05, 4.69) is 4.98 Å². The number of rotatable bonds is 4. The Morgan fingerprint density at radius 3 is 2.03 bits per heavy atom. The molecular formula is C24H23ClN2O3. The fourth-order valence-corrected chi connectivity index (χ4v) is 4.26. The Hall–Kier alpha value is -2.89. The van der Waals surface area contributed by atoms with E-state index >= 15 is 0 Å². The van der Waals surface area contributed by atoms with Gasteiger partial charge in [-0.05, 0) is 36.0 Å². The number of hydrogen-bond donors (Lipinski definition) is 1. The lowest BCUT2D eigenvalue weighted by Gasteiger charge is -2.42. The first-order chi connectivity index (χ1) is 14.6. The average molecular weight is 423 g/mol. The van der Waals surface area contributed by atoms with E-state index in [1.165, 1.54) is 0 Å². The third-order valence-electron chi connectivity index (χ3n) is 5.65. The van der Waals surface area contributed by atoms with Crippen molar-refractivity contribution in [2.75, 3.05) is 13.1 Å². The Labute approximate surface area is 180 Å². The quantitative estimate of drug-likeness (QED) is 0.608. The molecule has 1 fully saturated rings. The van der Waals surface area contributed by atoms with Gasteiger partial charge in [0.1, 0.15) is 10.8 Å². The molecule has 0 spiro atoms. The van der Waals surface area contributed by atoms with Crippen molar-refractivity contribution in [1.82, 2.24) is 9.88 Å². The number of halogens is 1. The van der Waals surface area contributed by atoms with Crippen LogP contribution < -0.4 is 4.74 Å². The molecule has 3 aromatic rings. The summed E-state index contributed by atoms with van der Waals surface area (Å²) >= 11 is 5.86. The molecule has 1 aromatic heterocycles. The molecule has 5 nitrogen and oxygen atoms in total. The molecule has 2 heterocycles. The number of piperidine rings is 1. The second-order valence-corrected chi connectivity index (χ2v) is 7.81. The van der Waals surface area contributed by atoms with Gasteiger partial charge in [-0.15, -0.1) is 0 Å². The number of aromatic nitrogens is 1. The van der Waals surface area contributed by atoms with Crippen molar-refractivity contribution in [3.8, 4) is 5.88 Å².